The summed E-state index contributed by atoms with van der Waals surface area (Å²) in [6.45, 7) is 7.72. The Labute approximate surface area is 167 Å². The van der Waals surface area contributed by atoms with Gasteiger partial charge in [-0.2, -0.15) is 17.0 Å². The summed E-state index contributed by atoms with van der Waals surface area (Å²) in [5, 5.41) is 0. The molecule has 2 aliphatic heterocycles. The van der Waals surface area contributed by atoms with Gasteiger partial charge >= 0.3 is 0 Å². The van der Waals surface area contributed by atoms with Gasteiger partial charge in [-0.05, 0) is 32.9 Å². The Bertz CT molecular complexity index is 765. The molecule has 9 heteroatoms. The number of hydrogen-bond donors (Lipinski definition) is 0. The lowest BCUT2D eigenvalue weighted by Gasteiger charge is -2.40. The number of morpholine rings is 1. The van der Waals surface area contributed by atoms with Crippen LogP contribution in [0.15, 0.2) is 24.3 Å². The molecule has 2 saturated heterocycles. The molecule has 0 N–H and O–H groups in total. The zero-order valence-electron chi connectivity index (χ0n) is 16.7. The van der Waals surface area contributed by atoms with Crippen LogP contribution in [-0.4, -0.2) is 85.9 Å². The maximum Gasteiger partial charge on any atom is 0.282 e. The largest absolute Gasteiger partial charge is 0.484 e. The van der Waals surface area contributed by atoms with Crippen LogP contribution in [0, 0.1) is 6.92 Å². The van der Waals surface area contributed by atoms with E-state index in [1.807, 2.05) is 45.0 Å². The van der Waals surface area contributed by atoms with Crippen LogP contribution in [0.2, 0.25) is 0 Å². The highest BCUT2D eigenvalue weighted by Crippen LogP contribution is 2.19. The summed E-state index contributed by atoms with van der Waals surface area (Å²) in [4.78, 5) is 14.0. The third-order valence-corrected chi connectivity index (χ3v) is 6.98. The van der Waals surface area contributed by atoms with E-state index in [1.54, 1.807) is 4.90 Å². The molecule has 2 heterocycles. The molecule has 0 aliphatic carbocycles. The highest BCUT2D eigenvalue weighted by atomic mass is 32.2. The number of carbonyl (C=O) groups is 1. The van der Waals surface area contributed by atoms with E-state index in [1.165, 1.54) is 8.61 Å². The predicted octanol–water partition coefficient (Wildman–Crippen LogP) is 0.872. The van der Waals surface area contributed by atoms with Crippen molar-refractivity contribution in [1.82, 2.24) is 13.5 Å². The van der Waals surface area contributed by atoms with E-state index in [4.69, 9.17) is 9.47 Å². The first-order valence-electron chi connectivity index (χ1n) is 9.63. The standard InChI is InChI=1S/C19H29N3O5S/c1-15-4-6-18(7-5-15)26-14-19(23)20-8-10-21(11-9-20)28(24,25)22-12-16(2)27-17(3)13-22/h4-7,16-17H,8-14H2,1-3H3/t16-,17+. The molecular weight excluding hydrogens is 382 g/mol. The quantitative estimate of drug-likeness (QED) is 0.718. The lowest BCUT2D eigenvalue weighted by Crippen LogP contribution is -2.58. The Morgan fingerprint density at radius 2 is 1.61 bits per heavy atom. The second-order valence-corrected chi connectivity index (χ2v) is 9.39. The third kappa shape index (κ3) is 5.02. The summed E-state index contributed by atoms with van der Waals surface area (Å²) in [5.74, 6) is 0.516. The number of piperazine rings is 1. The summed E-state index contributed by atoms with van der Waals surface area (Å²) in [5.41, 5.74) is 1.13. The van der Waals surface area contributed by atoms with Gasteiger partial charge in [-0.3, -0.25) is 4.79 Å². The maximum absolute atomic E-state index is 12.9. The smallest absolute Gasteiger partial charge is 0.282 e. The molecule has 0 radical (unpaired) electrons. The summed E-state index contributed by atoms with van der Waals surface area (Å²) in [7, 11) is -3.54. The van der Waals surface area contributed by atoms with Gasteiger partial charge < -0.3 is 14.4 Å². The number of benzene rings is 1. The number of rotatable bonds is 5. The van der Waals surface area contributed by atoms with Gasteiger partial charge in [0.25, 0.3) is 16.1 Å². The summed E-state index contributed by atoms with van der Waals surface area (Å²) in [6, 6.07) is 7.52. The van der Waals surface area contributed by atoms with Gasteiger partial charge in [0.15, 0.2) is 6.61 Å². The van der Waals surface area contributed by atoms with Gasteiger partial charge in [-0.25, -0.2) is 0 Å². The fraction of sp³-hybridized carbons (Fsp3) is 0.632. The van der Waals surface area contributed by atoms with E-state index >= 15 is 0 Å². The molecule has 1 aromatic carbocycles. The first-order chi connectivity index (χ1) is 13.3. The predicted molar refractivity (Wildman–Crippen MR) is 105 cm³/mol. The van der Waals surface area contributed by atoms with Crippen LogP contribution in [0.5, 0.6) is 5.75 Å². The normalized spacial score (nSPS) is 24.9. The zero-order valence-corrected chi connectivity index (χ0v) is 17.5. The minimum atomic E-state index is -3.54. The average molecular weight is 412 g/mol. The van der Waals surface area contributed by atoms with Crippen LogP contribution < -0.4 is 4.74 Å². The lowest BCUT2D eigenvalue weighted by atomic mass is 10.2. The van der Waals surface area contributed by atoms with Crippen LogP contribution in [0.25, 0.3) is 0 Å². The molecule has 1 aromatic rings. The van der Waals surface area contributed by atoms with Crippen molar-refractivity contribution in [2.45, 2.75) is 33.0 Å². The molecular formula is C19H29N3O5S. The molecule has 0 bridgehead atoms. The second kappa shape index (κ2) is 8.77. The van der Waals surface area contributed by atoms with Gasteiger partial charge in [0.05, 0.1) is 12.2 Å². The van der Waals surface area contributed by atoms with Crippen molar-refractivity contribution in [1.29, 1.82) is 0 Å². The minimum absolute atomic E-state index is 0.0473. The summed E-state index contributed by atoms with van der Waals surface area (Å²) >= 11 is 0. The van der Waals surface area contributed by atoms with E-state index in [2.05, 4.69) is 0 Å². The number of ether oxygens (including phenoxy) is 2. The monoisotopic (exact) mass is 411 g/mol. The molecule has 0 saturated carbocycles. The number of amides is 1. The Morgan fingerprint density at radius 1 is 1.04 bits per heavy atom. The fourth-order valence-electron chi connectivity index (χ4n) is 3.52. The van der Waals surface area contributed by atoms with Crippen LogP contribution in [0.4, 0.5) is 0 Å². The first kappa shape index (κ1) is 21.0. The Balaban J connectivity index is 1.50. The third-order valence-electron chi connectivity index (χ3n) is 5.01. The lowest BCUT2D eigenvalue weighted by molar-refractivity contribution is -0.134. The van der Waals surface area contributed by atoms with Gasteiger partial charge in [0.1, 0.15) is 5.75 Å². The van der Waals surface area contributed by atoms with E-state index in [0.717, 1.165) is 5.56 Å². The molecule has 28 heavy (non-hydrogen) atoms. The molecule has 156 valence electrons. The Morgan fingerprint density at radius 3 is 2.18 bits per heavy atom. The molecule has 8 nitrogen and oxygen atoms in total. The zero-order chi connectivity index (χ0) is 20.3. The molecule has 2 aliphatic rings. The summed E-state index contributed by atoms with van der Waals surface area (Å²) < 4.78 is 39.9. The molecule has 1 amide bonds. The maximum atomic E-state index is 12.9. The van der Waals surface area contributed by atoms with Crippen molar-refractivity contribution in [2.75, 3.05) is 45.9 Å². The van der Waals surface area contributed by atoms with Gasteiger partial charge in [-0.15, -0.1) is 0 Å². The van der Waals surface area contributed by atoms with E-state index < -0.39 is 10.2 Å². The van der Waals surface area contributed by atoms with E-state index in [9.17, 15) is 13.2 Å². The van der Waals surface area contributed by atoms with Crippen molar-refractivity contribution >= 4 is 16.1 Å². The molecule has 0 unspecified atom stereocenters. The SMILES string of the molecule is Cc1ccc(OCC(=O)N2CCN(S(=O)(=O)N3C[C@@H](C)O[C@@H](C)C3)CC2)cc1. The number of carbonyl (C=O) groups excluding carboxylic acids is 1. The van der Waals surface area contributed by atoms with Gasteiger partial charge in [0.2, 0.25) is 0 Å². The van der Waals surface area contributed by atoms with Crippen molar-refractivity contribution in [3.05, 3.63) is 29.8 Å². The van der Waals surface area contributed by atoms with E-state index in [-0.39, 0.29) is 24.7 Å². The van der Waals surface area contributed by atoms with Crippen molar-refractivity contribution in [3.63, 3.8) is 0 Å². The van der Waals surface area contributed by atoms with Crippen molar-refractivity contribution < 1.29 is 22.7 Å². The number of aryl methyl sites for hydroxylation is 1. The molecule has 0 aromatic heterocycles. The molecule has 0 spiro atoms. The van der Waals surface area contributed by atoms with E-state index in [0.29, 0.717) is 45.0 Å². The number of hydrogen-bond acceptors (Lipinski definition) is 5. The summed E-state index contributed by atoms with van der Waals surface area (Å²) in [6.07, 6.45) is -0.249. The number of nitrogens with zero attached hydrogens (tertiary/aromatic N) is 3. The highest BCUT2D eigenvalue weighted by Gasteiger charge is 2.37. The fourth-order valence-corrected chi connectivity index (χ4v) is 5.27. The Hall–Kier alpha value is -1.68. The molecule has 2 atom stereocenters. The van der Waals surface area contributed by atoms with Crippen LogP contribution in [-0.2, 0) is 19.7 Å². The van der Waals surface area contributed by atoms with Crippen molar-refractivity contribution in [2.24, 2.45) is 0 Å². The van der Waals surface area contributed by atoms with Crippen molar-refractivity contribution in [3.8, 4) is 5.75 Å². The van der Waals surface area contributed by atoms with Gasteiger partial charge in [0, 0.05) is 39.3 Å². The Kier molecular flexibility index (Phi) is 6.59. The minimum Gasteiger partial charge on any atom is -0.484 e. The van der Waals surface area contributed by atoms with Crippen LogP contribution in [0.1, 0.15) is 19.4 Å². The topological polar surface area (TPSA) is 79.4 Å². The van der Waals surface area contributed by atoms with Crippen LogP contribution in [0.3, 0.4) is 0 Å². The van der Waals surface area contributed by atoms with Crippen LogP contribution >= 0.6 is 0 Å². The second-order valence-electron chi connectivity index (χ2n) is 7.46. The highest BCUT2D eigenvalue weighted by molar-refractivity contribution is 7.86. The first-order valence-corrected chi connectivity index (χ1v) is 11.0. The molecule has 3 rings (SSSR count). The van der Waals surface area contributed by atoms with Gasteiger partial charge in [-0.1, -0.05) is 17.7 Å². The average Bonchev–Trinajstić information content (AvgIpc) is 2.66. The molecule has 2 fully saturated rings.